The van der Waals surface area contributed by atoms with Gasteiger partial charge in [-0.2, -0.15) is 0 Å². The van der Waals surface area contributed by atoms with Gasteiger partial charge in [0.2, 0.25) is 5.91 Å². The van der Waals surface area contributed by atoms with Crippen molar-refractivity contribution >= 4 is 17.3 Å². The number of nitrogens with one attached hydrogen (secondary N) is 1. The molecule has 0 aromatic heterocycles. The van der Waals surface area contributed by atoms with Gasteiger partial charge in [-0.25, -0.2) is 0 Å². The van der Waals surface area contributed by atoms with Gasteiger partial charge in [0.25, 0.3) is 5.69 Å². The van der Waals surface area contributed by atoms with Crippen LogP contribution in [0.25, 0.3) is 0 Å². The van der Waals surface area contributed by atoms with Crippen molar-refractivity contribution in [1.29, 1.82) is 0 Å². The fraction of sp³-hybridized carbons (Fsp3) is 0.417. The van der Waals surface area contributed by atoms with Crippen molar-refractivity contribution in [2.75, 3.05) is 25.0 Å². The van der Waals surface area contributed by atoms with Crippen LogP contribution in [0.4, 0.5) is 11.4 Å². The first-order valence-electron chi connectivity index (χ1n) is 6.07. The first kappa shape index (κ1) is 13.4. The first-order valence-corrected chi connectivity index (χ1v) is 6.07. The lowest BCUT2D eigenvalue weighted by Gasteiger charge is -2.14. The Kier molecular flexibility index (Phi) is 4.08. The molecule has 0 bridgehead atoms. The van der Waals surface area contributed by atoms with Gasteiger partial charge in [-0.1, -0.05) is 12.1 Å². The number of carbonyl (C=O) groups is 1. The van der Waals surface area contributed by atoms with Crippen LogP contribution in [-0.4, -0.2) is 41.4 Å². The molecular formula is C12H16N4O3. The van der Waals surface area contributed by atoms with Crippen LogP contribution in [0.3, 0.4) is 0 Å². The molecule has 2 rings (SSSR count). The minimum atomic E-state index is -0.513. The van der Waals surface area contributed by atoms with Gasteiger partial charge in [-0.05, 0) is 12.5 Å². The lowest BCUT2D eigenvalue weighted by molar-refractivity contribution is -0.383. The number of anilines is 1. The monoisotopic (exact) mass is 264 g/mol. The summed E-state index contributed by atoms with van der Waals surface area (Å²) in [7, 11) is 0. The molecule has 1 amide bonds. The molecule has 3 N–H and O–H groups in total. The third-order valence-electron chi connectivity index (χ3n) is 3.05. The summed E-state index contributed by atoms with van der Waals surface area (Å²) in [5.74, 6) is -0.261. The smallest absolute Gasteiger partial charge is 0.292 e. The molecular weight excluding hydrogens is 248 g/mol. The molecule has 7 heteroatoms. The number of benzene rings is 1. The third-order valence-corrected chi connectivity index (χ3v) is 3.05. The molecule has 1 fully saturated rings. The van der Waals surface area contributed by atoms with E-state index in [-0.39, 0.29) is 29.9 Å². The van der Waals surface area contributed by atoms with Gasteiger partial charge in [0.15, 0.2) is 0 Å². The molecule has 7 nitrogen and oxygen atoms in total. The molecule has 1 atom stereocenters. The zero-order valence-electron chi connectivity index (χ0n) is 10.4. The summed E-state index contributed by atoms with van der Waals surface area (Å²) in [4.78, 5) is 24.1. The third kappa shape index (κ3) is 3.49. The maximum Gasteiger partial charge on any atom is 0.292 e. The summed E-state index contributed by atoms with van der Waals surface area (Å²) < 4.78 is 0. The first-order chi connectivity index (χ1) is 9.06. The summed E-state index contributed by atoms with van der Waals surface area (Å²) in [5, 5.41) is 13.4. The molecule has 0 aliphatic carbocycles. The molecule has 0 saturated carbocycles. The van der Waals surface area contributed by atoms with Crippen molar-refractivity contribution in [2.24, 2.45) is 5.73 Å². The van der Waals surface area contributed by atoms with Crippen molar-refractivity contribution in [3.8, 4) is 0 Å². The molecule has 0 spiro atoms. The van der Waals surface area contributed by atoms with E-state index < -0.39 is 4.92 Å². The molecule has 0 radical (unpaired) electrons. The number of carbonyl (C=O) groups excluding carboxylic acids is 1. The van der Waals surface area contributed by atoms with Gasteiger partial charge >= 0.3 is 0 Å². The summed E-state index contributed by atoms with van der Waals surface area (Å²) in [5.41, 5.74) is 5.87. The highest BCUT2D eigenvalue weighted by molar-refractivity contribution is 5.94. The molecule has 102 valence electrons. The fourth-order valence-electron chi connectivity index (χ4n) is 2.14. The number of nitrogens with two attached hydrogens (primary N) is 1. The van der Waals surface area contributed by atoms with E-state index in [0.717, 1.165) is 13.0 Å². The lowest BCUT2D eigenvalue weighted by Crippen LogP contribution is -2.33. The van der Waals surface area contributed by atoms with Gasteiger partial charge in [0.1, 0.15) is 5.69 Å². The van der Waals surface area contributed by atoms with Crippen molar-refractivity contribution in [3.05, 3.63) is 34.4 Å². The number of amides is 1. The average molecular weight is 264 g/mol. The number of para-hydroxylation sites is 2. The second-order valence-corrected chi connectivity index (χ2v) is 4.61. The molecule has 1 heterocycles. The maximum absolute atomic E-state index is 11.8. The molecule has 1 saturated heterocycles. The molecule has 0 unspecified atom stereocenters. The quantitative estimate of drug-likeness (QED) is 0.611. The molecule has 1 aromatic rings. The van der Waals surface area contributed by atoms with Crippen molar-refractivity contribution in [1.82, 2.24) is 4.90 Å². The normalized spacial score (nSPS) is 19.3. The SMILES string of the molecule is N[C@@H]1CCN(CC(=O)Nc2ccccc2[N+](=O)[O-])C1. The number of hydrogen-bond donors (Lipinski definition) is 2. The van der Waals surface area contributed by atoms with E-state index in [2.05, 4.69) is 5.32 Å². The summed E-state index contributed by atoms with van der Waals surface area (Å²) >= 11 is 0. The second-order valence-electron chi connectivity index (χ2n) is 4.61. The summed E-state index contributed by atoms with van der Waals surface area (Å²) in [6.45, 7) is 1.68. The van der Waals surface area contributed by atoms with E-state index in [1.54, 1.807) is 12.1 Å². The number of rotatable bonds is 4. The van der Waals surface area contributed by atoms with E-state index in [0.29, 0.717) is 6.54 Å². The van der Waals surface area contributed by atoms with Gasteiger partial charge in [-0.3, -0.25) is 19.8 Å². The van der Waals surface area contributed by atoms with Crippen LogP contribution in [0.1, 0.15) is 6.42 Å². The topological polar surface area (TPSA) is 102 Å². The molecule has 19 heavy (non-hydrogen) atoms. The van der Waals surface area contributed by atoms with E-state index in [1.165, 1.54) is 12.1 Å². The highest BCUT2D eigenvalue weighted by Gasteiger charge is 2.22. The van der Waals surface area contributed by atoms with Crippen molar-refractivity contribution < 1.29 is 9.72 Å². The van der Waals surface area contributed by atoms with Crippen LogP contribution < -0.4 is 11.1 Å². The predicted octanol–water partition coefficient (Wildman–Crippen LogP) is 0.566. The average Bonchev–Trinajstić information content (AvgIpc) is 2.75. The zero-order valence-corrected chi connectivity index (χ0v) is 10.4. The Morgan fingerprint density at radius 2 is 2.26 bits per heavy atom. The van der Waals surface area contributed by atoms with Crippen molar-refractivity contribution in [3.63, 3.8) is 0 Å². The Hall–Kier alpha value is -1.99. The van der Waals surface area contributed by atoms with Gasteiger partial charge in [-0.15, -0.1) is 0 Å². The largest absolute Gasteiger partial charge is 0.326 e. The highest BCUT2D eigenvalue weighted by Crippen LogP contribution is 2.23. The van der Waals surface area contributed by atoms with Crippen LogP contribution in [0.2, 0.25) is 0 Å². The van der Waals surface area contributed by atoms with E-state index >= 15 is 0 Å². The highest BCUT2D eigenvalue weighted by atomic mass is 16.6. The molecule has 1 aliphatic rings. The van der Waals surface area contributed by atoms with Crippen LogP contribution in [0.15, 0.2) is 24.3 Å². The van der Waals surface area contributed by atoms with Crippen LogP contribution >= 0.6 is 0 Å². The van der Waals surface area contributed by atoms with E-state index in [1.807, 2.05) is 4.90 Å². The van der Waals surface area contributed by atoms with Crippen molar-refractivity contribution in [2.45, 2.75) is 12.5 Å². The lowest BCUT2D eigenvalue weighted by atomic mass is 10.2. The minimum absolute atomic E-state index is 0.103. The number of hydrogen-bond acceptors (Lipinski definition) is 5. The van der Waals surface area contributed by atoms with Crippen LogP contribution in [0, 0.1) is 10.1 Å². The minimum Gasteiger partial charge on any atom is -0.326 e. The number of nitrogens with zero attached hydrogens (tertiary/aromatic N) is 2. The Morgan fingerprint density at radius 3 is 2.89 bits per heavy atom. The second kappa shape index (κ2) is 5.77. The van der Waals surface area contributed by atoms with Crippen LogP contribution in [-0.2, 0) is 4.79 Å². The predicted molar refractivity (Wildman–Crippen MR) is 70.8 cm³/mol. The molecule has 1 aliphatic heterocycles. The van der Waals surface area contributed by atoms with Gasteiger partial charge in [0.05, 0.1) is 11.5 Å². The fourth-order valence-corrected chi connectivity index (χ4v) is 2.14. The summed E-state index contributed by atoms with van der Waals surface area (Å²) in [6, 6.07) is 6.20. The van der Waals surface area contributed by atoms with E-state index in [4.69, 9.17) is 5.73 Å². The number of likely N-dealkylation sites (tertiary alicyclic amines) is 1. The Morgan fingerprint density at radius 1 is 1.53 bits per heavy atom. The Balaban J connectivity index is 1.97. The molecule has 1 aromatic carbocycles. The zero-order chi connectivity index (χ0) is 13.8. The summed E-state index contributed by atoms with van der Waals surface area (Å²) in [6.07, 6.45) is 0.874. The standard InChI is InChI=1S/C12H16N4O3/c13-9-5-6-15(7-9)8-12(17)14-10-3-1-2-4-11(10)16(18)19/h1-4,9H,5-8,13H2,(H,14,17)/t9-/m1/s1. The van der Waals surface area contributed by atoms with Gasteiger partial charge < -0.3 is 11.1 Å². The number of nitro groups is 1. The maximum atomic E-state index is 11.8. The van der Waals surface area contributed by atoms with Crippen LogP contribution in [0.5, 0.6) is 0 Å². The van der Waals surface area contributed by atoms with Gasteiger partial charge in [0, 0.05) is 25.2 Å². The van der Waals surface area contributed by atoms with E-state index in [9.17, 15) is 14.9 Å². The Labute approximate surface area is 110 Å². The number of nitro benzene ring substituents is 1. The Bertz CT molecular complexity index is 492.